The molecule has 4 nitrogen and oxygen atoms in total. The highest BCUT2D eigenvalue weighted by molar-refractivity contribution is 9.10. The summed E-state index contributed by atoms with van der Waals surface area (Å²) in [6.45, 7) is 3.10. The molecule has 92 valence electrons. The van der Waals surface area contributed by atoms with Gasteiger partial charge in [-0.3, -0.25) is 9.78 Å². The van der Waals surface area contributed by atoms with Crippen molar-refractivity contribution < 1.29 is 4.79 Å². The molecule has 1 aromatic heterocycles. The van der Waals surface area contributed by atoms with Crippen LogP contribution in [0.5, 0.6) is 0 Å². The first-order chi connectivity index (χ1) is 8.15. The van der Waals surface area contributed by atoms with Gasteiger partial charge in [0, 0.05) is 10.7 Å². The molecule has 1 aliphatic heterocycles. The Kier molecular flexibility index (Phi) is 4.12. The number of pyridine rings is 1. The second-order valence-electron chi connectivity index (χ2n) is 4.52. The lowest BCUT2D eigenvalue weighted by molar-refractivity contribution is -0.119. The molecule has 1 amide bonds. The number of carbonyl (C=O) groups is 1. The minimum atomic E-state index is -0.0854. The van der Waals surface area contributed by atoms with E-state index < -0.39 is 0 Å². The lowest BCUT2D eigenvalue weighted by atomic mass is 9.94. The lowest BCUT2D eigenvalue weighted by Gasteiger charge is -2.27. The second kappa shape index (κ2) is 5.60. The number of carbonyl (C=O) groups excluding carboxylic acids is 1. The molecule has 0 bridgehead atoms. The first kappa shape index (κ1) is 12.5. The van der Waals surface area contributed by atoms with E-state index in [1.807, 2.05) is 6.07 Å². The van der Waals surface area contributed by atoms with E-state index in [1.54, 1.807) is 12.4 Å². The molecule has 0 spiro atoms. The van der Waals surface area contributed by atoms with E-state index in [0.717, 1.165) is 29.5 Å². The zero-order chi connectivity index (χ0) is 12.3. The summed E-state index contributed by atoms with van der Waals surface area (Å²) in [5, 5.41) is 6.12. The average molecular weight is 298 g/mol. The maximum absolute atomic E-state index is 12.0. The van der Waals surface area contributed by atoms with Crippen molar-refractivity contribution in [2.45, 2.75) is 25.8 Å². The smallest absolute Gasteiger partial charge is 0.241 e. The number of amides is 1. The van der Waals surface area contributed by atoms with Gasteiger partial charge in [-0.05, 0) is 47.3 Å². The fourth-order valence-corrected chi connectivity index (χ4v) is 2.38. The van der Waals surface area contributed by atoms with Gasteiger partial charge in [0.25, 0.3) is 0 Å². The van der Waals surface area contributed by atoms with Crippen LogP contribution < -0.4 is 10.6 Å². The summed E-state index contributed by atoms with van der Waals surface area (Å²) in [6.07, 6.45) is 5.38. The van der Waals surface area contributed by atoms with Gasteiger partial charge in [0.05, 0.1) is 17.9 Å². The van der Waals surface area contributed by atoms with Crippen LogP contribution in [-0.4, -0.2) is 23.5 Å². The van der Waals surface area contributed by atoms with Crippen LogP contribution in [0.4, 0.5) is 5.69 Å². The maximum atomic E-state index is 12.0. The summed E-state index contributed by atoms with van der Waals surface area (Å²) < 4.78 is 0.861. The third-order valence-corrected chi connectivity index (χ3v) is 3.39. The predicted molar refractivity (Wildman–Crippen MR) is 70.8 cm³/mol. The van der Waals surface area contributed by atoms with Gasteiger partial charge in [0.2, 0.25) is 5.91 Å². The van der Waals surface area contributed by atoms with E-state index in [-0.39, 0.29) is 11.9 Å². The van der Waals surface area contributed by atoms with Crippen molar-refractivity contribution in [1.29, 1.82) is 0 Å². The molecule has 2 N–H and O–H groups in total. The number of hydrogen-bond donors (Lipinski definition) is 2. The van der Waals surface area contributed by atoms with Crippen LogP contribution in [0, 0.1) is 5.92 Å². The molecular weight excluding hydrogens is 282 g/mol. The Morgan fingerprint density at radius 2 is 2.41 bits per heavy atom. The molecule has 1 saturated heterocycles. The molecule has 5 heteroatoms. The lowest BCUT2D eigenvalue weighted by Crippen LogP contribution is -2.45. The number of anilines is 1. The number of halogens is 1. The van der Waals surface area contributed by atoms with Gasteiger partial charge in [0.15, 0.2) is 0 Å². The van der Waals surface area contributed by atoms with Gasteiger partial charge >= 0.3 is 0 Å². The van der Waals surface area contributed by atoms with Gasteiger partial charge in [-0.15, -0.1) is 0 Å². The Bertz CT molecular complexity index is 410. The highest BCUT2D eigenvalue weighted by Crippen LogP contribution is 2.18. The largest absolute Gasteiger partial charge is 0.323 e. The van der Waals surface area contributed by atoms with Crippen molar-refractivity contribution in [1.82, 2.24) is 10.3 Å². The Labute approximate surface area is 109 Å². The summed E-state index contributed by atoms with van der Waals surface area (Å²) in [5.74, 6) is 0.629. The molecule has 2 atom stereocenters. The highest BCUT2D eigenvalue weighted by Gasteiger charge is 2.24. The Hall–Kier alpha value is -0.940. The number of piperidine rings is 1. The van der Waals surface area contributed by atoms with Crippen LogP contribution in [0.25, 0.3) is 0 Å². The minimum Gasteiger partial charge on any atom is -0.323 e. The zero-order valence-electron chi connectivity index (χ0n) is 9.74. The highest BCUT2D eigenvalue weighted by atomic mass is 79.9. The van der Waals surface area contributed by atoms with Gasteiger partial charge in [0.1, 0.15) is 0 Å². The van der Waals surface area contributed by atoms with Crippen molar-refractivity contribution >= 4 is 27.5 Å². The van der Waals surface area contributed by atoms with E-state index in [0.29, 0.717) is 5.92 Å². The molecule has 1 aliphatic rings. The Balaban J connectivity index is 1.96. The minimum absolute atomic E-state index is 0.0245. The molecule has 1 fully saturated rings. The van der Waals surface area contributed by atoms with Gasteiger partial charge in [-0.2, -0.15) is 0 Å². The molecule has 2 heterocycles. The average Bonchev–Trinajstić information content (AvgIpc) is 2.29. The van der Waals surface area contributed by atoms with Crippen LogP contribution in [-0.2, 0) is 4.79 Å². The van der Waals surface area contributed by atoms with E-state index in [1.165, 1.54) is 0 Å². The first-order valence-electron chi connectivity index (χ1n) is 5.80. The number of nitrogens with one attached hydrogen (secondary N) is 2. The molecule has 2 unspecified atom stereocenters. The van der Waals surface area contributed by atoms with Crippen molar-refractivity contribution in [3.8, 4) is 0 Å². The quantitative estimate of drug-likeness (QED) is 0.880. The molecule has 0 aromatic carbocycles. The van der Waals surface area contributed by atoms with Gasteiger partial charge < -0.3 is 10.6 Å². The van der Waals surface area contributed by atoms with Crippen molar-refractivity contribution in [3.05, 3.63) is 22.9 Å². The van der Waals surface area contributed by atoms with E-state index in [9.17, 15) is 4.79 Å². The third kappa shape index (κ3) is 3.51. The Morgan fingerprint density at radius 3 is 3.12 bits per heavy atom. The number of rotatable bonds is 2. The topological polar surface area (TPSA) is 54.0 Å². The second-order valence-corrected chi connectivity index (χ2v) is 5.43. The SMILES string of the molecule is CC1CCNC(C(=O)Nc2cncc(Br)c2)C1. The summed E-state index contributed by atoms with van der Waals surface area (Å²) in [6, 6.07) is 1.76. The summed E-state index contributed by atoms with van der Waals surface area (Å²) >= 11 is 3.33. The van der Waals surface area contributed by atoms with E-state index >= 15 is 0 Å². The Morgan fingerprint density at radius 1 is 1.59 bits per heavy atom. The van der Waals surface area contributed by atoms with Crippen LogP contribution >= 0.6 is 15.9 Å². The molecular formula is C12H16BrN3O. The van der Waals surface area contributed by atoms with Crippen molar-refractivity contribution in [2.75, 3.05) is 11.9 Å². The van der Waals surface area contributed by atoms with Crippen LogP contribution in [0.15, 0.2) is 22.9 Å². The molecule has 1 aromatic rings. The maximum Gasteiger partial charge on any atom is 0.241 e. The summed E-state index contributed by atoms with van der Waals surface area (Å²) in [5.41, 5.74) is 0.726. The predicted octanol–water partition coefficient (Wildman–Crippen LogP) is 2.17. The molecule has 17 heavy (non-hydrogen) atoms. The fraction of sp³-hybridized carbons (Fsp3) is 0.500. The van der Waals surface area contributed by atoms with E-state index in [4.69, 9.17) is 0 Å². The van der Waals surface area contributed by atoms with Crippen LogP contribution in [0.2, 0.25) is 0 Å². The normalized spacial score (nSPS) is 24.4. The molecule has 0 saturated carbocycles. The van der Waals surface area contributed by atoms with Gasteiger partial charge in [-0.25, -0.2) is 0 Å². The van der Waals surface area contributed by atoms with Crippen LogP contribution in [0.3, 0.4) is 0 Å². The molecule has 0 radical (unpaired) electrons. The number of aromatic nitrogens is 1. The van der Waals surface area contributed by atoms with Crippen LogP contribution in [0.1, 0.15) is 19.8 Å². The van der Waals surface area contributed by atoms with Crippen molar-refractivity contribution in [2.24, 2.45) is 5.92 Å². The summed E-state index contributed by atoms with van der Waals surface area (Å²) in [4.78, 5) is 16.0. The molecule has 2 rings (SSSR count). The standard InChI is InChI=1S/C12H16BrN3O/c1-8-2-3-15-11(4-8)12(17)16-10-5-9(13)6-14-7-10/h5-8,11,15H,2-4H2,1H3,(H,16,17). The summed E-state index contributed by atoms with van der Waals surface area (Å²) in [7, 11) is 0. The number of nitrogens with zero attached hydrogens (tertiary/aromatic N) is 1. The van der Waals surface area contributed by atoms with Gasteiger partial charge in [-0.1, -0.05) is 6.92 Å². The zero-order valence-corrected chi connectivity index (χ0v) is 11.3. The third-order valence-electron chi connectivity index (χ3n) is 2.95. The fourth-order valence-electron chi connectivity index (χ4n) is 2.02. The monoisotopic (exact) mass is 297 g/mol. The first-order valence-corrected chi connectivity index (χ1v) is 6.59. The molecule has 0 aliphatic carbocycles. The van der Waals surface area contributed by atoms with E-state index in [2.05, 4.69) is 38.5 Å². The van der Waals surface area contributed by atoms with Crippen molar-refractivity contribution in [3.63, 3.8) is 0 Å². The number of hydrogen-bond acceptors (Lipinski definition) is 3.